The van der Waals surface area contributed by atoms with Crippen molar-refractivity contribution in [3.63, 3.8) is 0 Å². The third-order valence-corrected chi connectivity index (χ3v) is 7.73. The highest BCUT2D eigenvalue weighted by Crippen LogP contribution is 2.38. The van der Waals surface area contributed by atoms with Gasteiger partial charge < -0.3 is 4.90 Å². The second-order valence-electron chi connectivity index (χ2n) is 10.2. The van der Waals surface area contributed by atoms with Gasteiger partial charge in [-0.05, 0) is 81.4 Å². The third kappa shape index (κ3) is 5.07. The van der Waals surface area contributed by atoms with Crippen molar-refractivity contribution < 1.29 is 0 Å². The SMILES string of the molecule is C=C/C(=C\Cc1ccccc1)c1ccc(N2C=CC/C=c3/cccc/c3=C(/C)c3c2ccc2ccccc32)cc1. The monoisotopic (exact) mass is 515 g/mol. The van der Waals surface area contributed by atoms with Gasteiger partial charge in [0.25, 0.3) is 0 Å². The molecule has 0 radical (unpaired) electrons. The molecule has 0 fully saturated rings. The van der Waals surface area contributed by atoms with Crippen molar-refractivity contribution in [2.45, 2.75) is 19.8 Å². The molecule has 0 saturated carbocycles. The van der Waals surface area contributed by atoms with Crippen LogP contribution < -0.4 is 15.3 Å². The lowest BCUT2D eigenvalue weighted by Gasteiger charge is -2.26. The predicted octanol–water partition coefficient (Wildman–Crippen LogP) is 8.71. The van der Waals surface area contributed by atoms with Crippen molar-refractivity contribution >= 4 is 39.4 Å². The molecule has 1 heteroatoms. The summed E-state index contributed by atoms with van der Waals surface area (Å²) < 4.78 is 0. The van der Waals surface area contributed by atoms with E-state index < -0.39 is 0 Å². The molecule has 1 heterocycles. The lowest BCUT2D eigenvalue weighted by atomic mass is 9.93. The second kappa shape index (κ2) is 11.5. The maximum atomic E-state index is 4.09. The van der Waals surface area contributed by atoms with Gasteiger partial charge in [-0.15, -0.1) is 0 Å². The molecule has 0 N–H and O–H groups in total. The molecule has 0 aliphatic carbocycles. The summed E-state index contributed by atoms with van der Waals surface area (Å²) in [7, 11) is 0. The van der Waals surface area contributed by atoms with Crippen LogP contribution in [0.1, 0.15) is 30.0 Å². The van der Waals surface area contributed by atoms with E-state index in [2.05, 4.69) is 158 Å². The maximum Gasteiger partial charge on any atom is 0.0537 e. The van der Waals surface area contributed by atoms with Crippen molar-refractivity contribution in [3.05, 3.63) is 173 Å². The summed E-state index contributed by atoms with van der Waals surface area (Å²) in [6.07, 6.45) is 12.7. The van der Waals surface area contributed by atoms with E-state index in [1.807, 2.05) is 6.08 Å². The highest BCUT2D eigenvalue weighted by atomic mass is 15.1. The zero-order chi connectivity index (χ0) is 27.3. The first-order chi connectivity index (χ1) is 19.7. The molecule has 0 unspecified atom stereocenters. The van der Waals surface area contributed by atoms with Crippen LogP contribution >= 0.6 is 0 Å². The van der Waals surface area contributed by atoms with Gasteiger partial charge in [0.1, 0.15) is 0 Å². The first-order valence-electron chi connectivity index (χ1n) is 13.9. The van der Waals surface area contributed by atoms with Crippen molar-refractivity contribution in [3.8, 4) is 0 Å². The average molecular weight is 516 g/mol. The Morgan fingerprint density at radius 2 is 1.55 bits per heavy atom. The van der Waals surface area contributed by atoms with Crippen molar-refractivity contribution in [1.29, 1.82) is 0 Å². The summed E-state index contributed by atoms with van der Waals surface area (Å²) in [5.41, 5.74) is 8.48. The first kappa shape index (κ1) is 25.4. The molecule has 6 rings (SSSR count). The Kier molecular flexibility index (Phi) is 7.28. The average Bonchev–Trinajstić information content (AvgIpc) is 3.01. The van der Waals surface area contributed by atoms with Crippen LogP contribution in [0.15, 0.2) is 146 Å². The molecule has 194 valence electrons. The predicted molar refractivity (Wildman–Crippen MR) is 173 cm³/mol. The standard InChI is InChI=1S/C39H33N/c1-3-31(21-20-30-13-5-4-6-14-30)32-22-25-35(26-23-32)40-28-12-11-17-33-15-7-9-18-36(33)29(2)39-37-19-10-8-16-34(37)24-27-38(39)40/h3-10,12-19,21-28H,1,11,20H2,2H3/b28-12?,31-21+,33-17-,36-29+. The molecule has 1 aliphatic rings. The summed E-state index contributed by atoms with van der Waals surface area (Å²) in [5.74, 6) is 0. The summed E-state index contributed by atoms with van der Waals surface area (Å²) >= 11 is 0. The number of rotatable bonds is 5. The third-order valence-electron chi connectivity index (χ3n) is 7.73. The summed E-state index contributed by atoms with van der Waals surface area (Å²) in [6, 6.07) is 41.3. The van der Waals surface area contributed by atoms with Gasteiger partial charge in [0.15, 0.2) is 0 Å². The second-order valence-corrected chi connectivity index (χ2v) is 10.2. The number of benzene rings is 5. The van der Waals surface area contributed by atoms with E-state index in [1.54, 1.807) is 0 Å². The van der Waals surface area contributed by atoms with Crippen LogP contribution in [0, 0.1) is 0 Å². The van der Waals surface area contributed by atoms with Gasteiger partial charge in [0.05, 0.1) is 5.69 Å². The van der Waals surface area contributed by atoms with Crippen LogP contribution in [0.4, 0.5) is 11.4 Å². The lowest BCUT2D eigenvalue weighted by molar-refractivity contribution is 1.24. The molecule has 40 heavy (non-hydrogen) atoms. The Labute approximate surface area is 237 Å². The van der Waals surface area contributed by atoms with Gasteiger partial charge in [0, 0.05) is 17.5 Å². The Morgan fingerprint density at radius 1 is 0.800 bits per heavy atom. The summed E-state index contributed by atoms with van der Waals surface area (Å²) in [5, 5.41) is 5.07. The molecule has 0 bridgehead atoms. The van der Waals surface area contributed by atoms with Crippen LogP contribution in [-0.4, -0.2) is 0 Å². The number of hydrogen-bond acceptors (Lipinski definition) is 1. The van der Waals surface area contributed by atoms with E-state index >= 15 is 0 Å². The molecule has 0 spiro atoms. The van der Waals surface area contributed by atoms with Gasteiger partial charge in [-0.3, -0.25) is 0 Å². The van der Waals surface area contributed by atoms with Crippen LogP contribution in [-0.2, 0) is 6.42 Å². The van der Waals surface area contributed by atoms with E-state index in [4.69, 9.17) is 0 Å². The van der Waals surface area contributed by atoms with Gasteiger partial charge >= 0.3 is 0 Å². The molecule has 5 aromatic carbocycles. The number of fused-ring (bicyclic) bond motifs is 4. The van der Waals surface area contributed by atoms with Gasteiger partial charge in [-0.25, -0.2) is 0 Å². The van der Waals surface area contributed by atoms with Gasteiger partial charge in [-0.1, -0.05) is 128 Å². The Balaban J connectivity index is 1.47. The number of anilines is 2. The molecule has 5 aromatic rings. The highest BCUT2D eigenvalue weighted by Gasteiger charge is 2.17. The maximum absolute atomic E-state index is 4.09. The minimum atomic E-state index is 0.866. The smallest absolute Gasteiger partial charge is 0.0537 e. The van der Waals surface area contributed by atoms with E-state index in [0.717, 1.165) is 24.1 Å². The number of hydrogen-bond donors (Lipinski definition) is 0. The zero-order valence-corrected chi connectivity index (χ0v) is 22.9. The van der Waals surface area contributed by atoms with Crippen LogP contribution in [0.2, 0.25) is 0 Å². The fourth-order valence-corrected chi connectivity index (χ4v) is 5.65. The summed E-state index contributed by atoms with van der Waals surface area (Å²) in [4.78, 5) is 2.33. The fraction of sp³-hybridized carbons (Fsp3) is 0.0769. The summed E-state index contributed by atoms with van der Waals surface area (Å²) in [6.45, 7) is 6.36. The normalized spacial score (nSPS) is 15.6. The minimum absolute atomic E-state index is 0.866. The minimum Gasteiger partial charge on any atom is -0.317 e. The van der Waals surface area contributed by atoms with Gasteiger partial charge in [-0.2, -0.15) is 0 Å². The van der Waals surface area contributed by atoms with Crippen LogP contribution in [0.5, 0.6) is 0 Å². The van der Waals surface area contributed by atoms with Crippen LogP contribution in [0.25, 0.3) is 28.0 Å². The quantitative estimate of drug-likeness (QED) is 0.212. The molecule has 0 aromatic heterocycles. The fourth-order valence-electron chi connectivity index (χ4n) is 5.65. The van der Waals surface area contributed by atoms with Crippen molar-refractivity contribution in [2.24, 2.45) is 0 Å². The van der Waals surface area contributed by atoms with Crippen molar-refractivity contribution in [1.82, 2.24) is 0 Å². The molecule has 0 atom stereocenters. The van der Waals surface area contributed by atoms with E-state index in [0.29, 0.717) is 0 Å². The van der Waals surface area contributed by atoms with E-state index in [9.17, 15) is 0 Å². The van der Waals surface area contributed by atoms with Crippen molar-refractivity contribution in [2.75, 3.05) is 4.90 Å². The van der Waals surface area contributed by atoms with Gasteiger partial charge in [0.2, 0.25) is 0 Å². The Bertz CT molecular complexity index is 1850. The Morgan fingerprint density at radius 3 is 2.38 bits per heavy atom. The highest BCUT2D eigenvalue weighted by molar-refractivity contribution is 6.00. The molecule has 0 saturated heterocycles. The molecular weight excluding hydrogens is 482 g/mol. The topological polar surface area (TPSA) is 3.24 Å². The molecule has 1 nitrogen and oxygen atoms in total. The molecular formula is C39H33N. The lowest BCUT2D eigenvalue weighted by Crippen LogP contribution is -2.27. The number of nitrogens with zero attached hydrogens (tertiary/aromatic N) is 1. The molecule has 1 aliphatic heterocycles. The number of allylic oxidation sites excluding steroid dienone is 4. The largest absolute Gasteiger partial charge is 0.317 e. The Hall–Kier alpha value is -4.88. The zero-order valence-electron chi connectivity index (χ0n) is 22.9. The van der Waals surface area contributed by atoms with Crippen LogP contribution in [0.3, 0.4) is 0 Å². The van der Waals surface area contributed by atoms with E-state index in [-0.39, 0.29) is 0 Å². The molecule has 0 amide bonds. The van der Waals surface area contributed by atoms with E-state index in [1.165, 1.54) is 49.2 Å². The first-order valence-corrected chi connectivity index (χ1v) is 13.9.